The topological polar surface area (TPSA) is 40.5 Å². The Morgan fingerprint density at radius 2 is 1.40 bits per heavy atom. The molecule has 2 aromatic carbocycles. The molecule has 0 bridgehead atoms. The van der Waals surface area contributed by atoms with Gasteiger partial charge in [-0.15, -0.1) is 0 Å². The van der Waals surface area contributed by atoms with Crippen LogP contribution < -0.4 is 0 Å². The van der Waals surface area contributed by atoms with Gasteiger partial charge in [0, 0.05) is 5.41 Å². The van der Waals surface area contributed by atoms with Crippen LogP contribution in [-0.4, -0.2) is 10.2 Å². The molecular formula is C23H24O2. The fourth-order valence-electron chi connectivity index (χ4n) is 3.18. The van der Waals surface area contributed by atoms with Gasteiger partial charge in [-0.05, 0) is 65.5 Å². The van der Waals surface area contributed by atoms with Gasteiger partial charge in [-0.3, -0.25) is 0 Å². The monoisotopic (exact) mass is 332 g/mol. The lowest BCUT2D eigenvalue weighted by molar-refractivity contribution is 0.429. The lowest BCUT2D eigenvalue weighted by atomic mass is 9.77. The van der Waals surface area contributed by atoms with Crippen LogP contribution in [0.4, 0.5) is 0 Å². The van der Waals surface area contributed by atoms with Gasteiger partial charge in [0.05, 0.1) is 0 Å². The van der Waals surface area contributed by atoms with E-state index in [0.717, 1.165) is 6.42 Å². The number of hydrogen-bond acceptors (Lipinski definition) is 2. The van der Waals surface area contributed by atoms with Crippen molar-refractivity contribution in [3.8, 4) is 5.75 Å². The smallest absolute Gasteiger partial charge is 0.115 e. The van der Waals surface area contributed by atoms with Crippen LogP contribution in [0.2, 0.25) is 0 Å². The van der Waals surface area contributed by atoms with Gasteiger partial charge in [-0.2, -0.15) is 0 Å². The summed E-state index contributed by atoms with van der Waals surface area (Å²) in [6.07, 6.45) is 6.32. The Morgan fingerprint density at radius 1 is 0.840 bits per heavy atom. The van der Waals surface area contributed by atoms with E-state index in [4.69, 9.17) is 0 Å². The second kappa shape index (κ2) is 6.64. The molecule has 1 aliphatic carbocycles. The van der Waals surface area contributed by atoms with Crippen molar-refractivity contribution in [3.63, 3.8) is 0 Å². The van der Waals surface area contributed by atoms with Crippen LogP contribution in [-0.2, 0) is 5.41 Å². The minimum Gasteiger partial charge on any atom is -0.508 e. The van der Waals surface area contributed by atoms with Crippen LogP contribution in [0.3, 0.4) is 0 Å². The van der Waals surface area contributed by atoms with Crippen molar-refractivity contribution in [2.24, 2.45) is 0 Å². The molecule has 2 nitrogen and oxygen atoms in total. The molecule has 2 aromatic rings. The van der Waals surface area contributed by atoms with Gasteiger partial charge in [0.25, 0.3) is 0 Å². The predicted molar refractivity (Wildman–Crippen MR) is 104 cm³/mol. The number of aliphatic hydroxyl groups is 1. The molecule has 0 aromatic heterocycles. The van der Waals surface area contributed by atoms with Gasteiger partial charge in [-0.1, -0.05) is 56.3 Å². The average molecular weight is 332 g/mol. The minimum atomic E-state index is -0.132. The lowest BCUT2D eigenvalue weighted by Crippen LogP contribution is -2.18. The molecule has 2 N–H and O–H groups in total. The summed E-state index contributed by atoms with van der Waals surface area (Å²) < 4.78 is 0. The second-order valence-electron chi connectivity index (χ2n) is 7.07. The molecule has 25 heavy (non-hydrogen) atoms. The van der Waals surface area contributed by atoms with Gasteiger partial charge < -0.3 is 10.2 Å². The van der Waals surface area contributed by atoms with Gasteiger partial charge >= 0.3 is 0 Å². The van der Waals surface area contributed by atoms with E-state index in [1.165, 1.54) is 27.8 Å². The fourth-order valence-corrected chi connectivity index (χ4v) is 3.18. The van der Waals surface area contributed by atoms with Crippen LogP contribution in [0.1, 0.15) is 43.9 Å². The summed E-state index contributed by atoms with van der Waals surface area (Å²) >= 11 is 0. The number of benzene rings is 2. The molecular weight excluding hydrogens is 308 g/mol. The molecule has 128 valence electrons. The van der Waals surface area contributed by atoms with E-state index >= 15 is 0 Å². The Labute approximate surface area is 149 Å². The maximum absolute atomic E-state index is 9.50. The van der Waals surface area contributed by atoms with Crippen LogP contribution in [0.25, 0.3) is 5.57 Å². The van der Waals surface area contributed by atoms with Crippen LogP contribution in [0.5, 0.6) is 5.75 Å². The van der Waals surface area contributed by atoms with Gasteiger partial charge in [-0.25, -0.2) is 0 Å². The van der Waals surface area contributed by atoms with Crippen molar-refractivity contribution in [2.45, 2.75) is 32.6 Å². The molecule has 0 radical (unpaired) electrons. The lowest BCUT2D eigenvalue weighted by Gasteiger charge is -2.26. The standard InChI is InChI=1S/C23H24O2/c1-16(18-6-12-21(24)13-7-18)17-4-8-19(9-5-17)23(2,3)20-10-14-22(25)15-11-20/h4-6,8-15,24-25H,7H2,1-3H3. The molecule has 1 aliphatic rings. The van der Waals surface area contributed by atoms with E-state index in [1.54, 1.807) is 18.2 Å². The highest BCUT2D eigenvalue weighted by molar-refractivity contribution is 5.70. The summed E-state index contributed by atoms with van der Waals surface area (Å²) in [4.78, 5) is 0. The van der Waals surface area contributed by atoms with E-state index in [0.29, 0.717) is 5.76 Å². The molecule has 3 rings (SSSR count). The molecule has 0 saturated carbocycles. The Balaban J connectivity index is 1.88. The third-order valence-electron chi connectivity index (χ3n) is 5.10. The maximum atomic E-state index is 9.50. The molecule has 0 unspecified atom stereocenters. The second-order valence-corrected chi connectivity index (χ2v) is 7.07. The number of aliphatic hydroxyl groups excluding tert-OH is 1. The zero-order valence-electron chi connectivity index (χ0n) is 15.0. The molecule has 0 amide bonds. The van der Waals surface area contributed by atoms with E-state index in [-0.39, 0.29) is 11.2 Å². The van der Waals surface area contributed by atoms with E-state index in [9.17, 15) is 10.2 Å². The molecule has 0 atom stereocenters. The molecule has 0 heterocycles. The molecule has 2 heteroatoms. The zero-order chi connectivity index (χ0) is 18.0. The molecule has 0 saturated heterocycles. The number of hydrogen-bond donors (Lipinski definition) is 2. The summed E-state index contributed by atoms with van der Waals surface area (Å²) in [5.74, 6) is 0.625. The average Bonchev–Trinajstić information content (AvgIpc) is 2.62. The van der Waals surface area contributed by atoms with Crippen molar-refractivity contribution in [2.75, 3.05) is 0 Å². The third-order valence-corrected chi connectivity index (χ3v) is 5.10. The third kappa shape index (κ3) is 3.53. The predicted octanol–water partition coefficient (Wildman–Crippen LogP) is 5.89. The van der Waals surface area contributed by atoms with E-state index in [1.807, 2.05) is 24.3 Å². The maximum Gasteiger partial charge on any atom is 0.115 e. The first-order valence-corrected chi connectivity index (χ1v) is 8.55. The van der Waals surface area contributed by atoms with Crippen LogP contribution in [0, 0.1) is 0 Å². The highest BCUT2D eigenvalue weighted by Gasteiger charge is 2.23. The van der Waals surface area contributed by atoms with Crippen molar-refractivity contribution < 1.29 is 10.2 Å². The quantitative estimate of drug-likeness (QED) is 0.735. The van der Waals surface area contributed by atoms with Crippen LogP contribution in [0.15, 0.2) is 78.1 Å². The first-order valence-electron chi connectivity index (χ1n) is 8.55. The van der Waals surface area contributed by atoms with Crippen molar-refractivity contribution in [3.05, 3.63) is 94.8 Å². The summed E-state index contributed by atoms with van der Waals surface area (Å²) in [7, 11) is 0. The van der Waals surface area contributed by atoms with E-state index in [2.05, 4.69) is 45.0 Å². The van der Waals surface area contributed by atoms with Crippen LogP contribution >= 0.6 is 0 Å². The minimum absolute atomic E-state index is 0.132. The molecule has 0 spiro atoms. The summed E-state index contributed by atoms with van der Waals surface area (Å²) in [6, 6.07) is 16.1. The summed E-state index contributed by atoms with van der Waals surface area (Å²) in [6.45, 7) is 6.50. The first kappa shape index (κ1) is 17.1. The van der Waals surface area contributed by atoms with Crippen molar-refractivity contribution >= 4 is 5.57 Å². The Morgan fingerprint density at radius 3 is 1.92 bits per heavy atom. The van der Waals surface area contributed by atoms with Crippen molar-refractivity contribution in [1.82, 2.24) is 0 Å². The van der Waals surface area contributed by atoms with Gasteiger partial charge in [0.2, 0.25) is 0 Å². The Kier molecular flexibility index (Phi) is 4.54. The number of rotatable bonds is 3. The zero-order valence-corrected chi connectivity index (χ0v) is 15.0. The summed E-state index contributed by atoms with van der Waals surface area (Å²) in [5.41, 5.74) is 5.92. The number of allylic oxidation sites excluding steroid dienone is 5. The largest absolute Gasteiger partial charge is 0.508 e. The first-order chi connectivity index (χ1) is 11.9. The Hall–Kier alpha value is -2.74. The molecule has 0 aliphatic heterocycles. The summed E-state index contributed by atoms with van der Waals surface area (Å²) in [5, 5.41) is 19.0. The normalized spacial score (nSPS) is 16.5. The molecule has 0 fully saturated rings. The highest BCUT2D eigenvalue weighted by atomic mass is 16.3. The Bertz CT molecular complexity index is 848. The van der Waals surface area contributed by atoms with Gasteiger partial charge in [0.1, 0.15) is 11.5 Å². The number of phenolic OH excluding ortho intramolecular Hbond substituents is 1. The van der Waals surface area contributed by atoms with Crippen molar-refractivity contribution in [1.29, 1.82) is 0 Å². The van der Waals surface area contributed by atoms with E-state index < -0.39 is 0 Å². The highest BCUT2D eigenvalue weighted by Crippen LogP contribution is 2.33. The van der Waals surface area contributed by atoms with Gasteiger partial charge in [0.15, 0.2) is 0 Å². The SMILES string of the molecule is CC(=C1C=CC(O)=CC1)c1ccc(C(C)(C)c2ccc(O)cc2)cc1. The fraction of sp³-hybridized carbons (Fsp3) is 0.217. The number of phenols is 1. The number of aromatic hydroxyl groups is 1.